The molecule has 1 atom stereocenters. The molecule has 1 amide bonds. The number of hydrogen-bond donors (Lipinski definition) is 4. The molecule has 64 valence electrons. The van der Waals surface area contributed by atoms with E-state index in [1.807, 2.05) is 0 Å². The molecule has 1 saturated heterocycles. The van der Waals surface area contributed by atoms with E-state index in [2.05, 4.69) is 16.2 Å². The Morgan fingerprint density at radius 3 is 3.00 bits per heavy atom. The number of nitrogens with one attached hydrogen (secondary N) is 3. The van der Waals surface area contributed by atoms with E-state index in [0.29, 0.717) is 0 Å². The first-order valence-corrected chi connectivity index (χ1v) is 3.74. The van der Waals surface area contributed by atoms with Crippen LogP contribution in [0.25, 0.3) is 0 Å². The fourth-order valence-corrected chi connectivity index (χ4v) is 1.14. The third-order valence-electron chi connectivity index (χ3n) is 1.68. The molecular formula is C6H13N3O2. The number of hydrazine groups is 1. The second-order valence-electron chi connectivity index (χ2n) is 2.62. The van der Waals surface area contributed by atoms with Gasteiger partial charge in [-0.05, 0) is 19.4 Å². The minimum Gasteiger partial charge on any atom is -0.464 e. The molecule has 0 aromatic carbocycles. The highest BCUT2D eigenvalue weighted by atomic mass is 16.4. The van der Waals surface area contributed by atoms with Crippen molar-refractivity contribution in [2.24, 2.45) is 0 Å². The summed E-state index contributed by atoms with van der Waals surface area (Å²) in [7, 11) is 0. The number of carbonyl (C=O) groups is 1. The molecule has 1 aliphatic rings. The summed E-state index contributed by atoms with van der Waals surface area (Å²) in [4.78, 5) is 10.0. The number of hydrogen-bond acceptors (Lipinski definition) is 3. The predicted octanol–water partition coefficient (Wildman–Crippen LogP) is -0.489. The van der Waals surface area contributed by atoms with Gasteiger partial charge in [-0.25, -0.2) is 10.2 Å². The van der Waals surface area contributed by atoms with Crippen LogP contribution in [0.5, 0.6) is 0 Å². The Morgan fingerprint density at radius 2 is 2.45 bits per heavy atom. The Morgan fingerprint density at radius 1 is 1.64 bits per heavy atom. The van der Waals surface area contributed by atoms with E-state index >= 15 is 0 Å². The summed E-state index contributed by atoms with van der Waals surface area (Å²) in [5.41, 5.74) is 4.85. The van der Waals surface area contributed by atoms with Gasteiger partial charge in [0, 0.05) is 12.6 Å². The van der Waals surface area contributed by atoms with Crippen molar-refractivity contribution in [3.8, 4) is 0 Å². The molecule has 1 aliphatic heterocycles. The molecule has 1 fully saturated rings. The normalized spacial score (nSPS) is 24.5. The van der Waals surface area contributed by atoms with Gasteiger partial charge in [-0.1, -0.05) is 0 Å². The van der Waals surface area contributed by atoms with Gasteiger partial charge in [0.05, 0.1) is 0 Å². The molecule has 0 aromatic rings. The Bertz CT molecular complexity index is 134. The summed E-state index contributed by atoms with van der Waals surface area (Å²) in [5.74, 6) is 0. The Labute approximate surface area is 65.1 Å². The lowest BCUT2D eigenvalue weighted by atomic mass is 10.1. The molecular weight excluding hydrogens is 146 g/mol. The van der Waals surface area contributed by atoms with Crippen LogP contribution in [-0.4, -0.2) is 30.3 Å². The van der Waals surface area contributed by atoms with E-state index < -0.39 is 6.09 Å². The van der Waals surface area contributed by atoms with Crippen molar-refractivity contribution >= 4 is 6.09 Å². The molecule has 0 radical (unpaired) electrons. The van der Waals surface area contributed by atoms with E-state index in [0.717, 1.165) is 25.9 Å². The molecule has 1 heterocycles. The van der Waals surface area contributed by atoms with Crippen molar-refractivity contribution in [3.63, 3.8) is 0 Å². The van der Waals surface area contributed by atoms with Crippen LogP contribution in [0.15, 0.2) is 0 Å². The molecule has 0 unspecified atom stereocenters. The van der Waals surface area contributed by atoms with E-state index in [1.165, 1.54) is 0 Å². The summed E-state index contributed by atoms with van der Waals surface area (Å²) < 4.78 is 0. The van der Waals surface area contributed by atoms with Gasteiger partial charge in [-0.15, -0.1) is 0 Å². The van der Waals surface area contributed by atoms with Crippen molar-refractivity contribution in [2.75, 3.05) is 13.1 Å². The zero-order valence-corrected chi connectivity index (χ0v) is 6.26. The molecule has 0 aromatic heterocycles. The van der Waals surface area contributed by atoms with Gasteiger partial charge in [-0.2, -0.15) is 0 Å². The van der Waals surface area contributed by atoms with Crippen LogP contribution < -0.4 is 16.2 Å². The highest BCUT2D eigenvalue weighted by Gasteiger charge is 2.11. The van der Waals surface area contributed by atoms with Crippen molar-refractivity contribution in [2.45, 2.75) is 18.9 Å². The first kappa shape index (κ1) is 8.29. The molecule has 5 nitrogen and oxygen atoms in total. The van der Waals surface area contributed by atoms with Gasteiger partial charge in [0.1, 0.15) is 0 Å². The largest absolute Gasteiger partial charge is 0.464 e. The lowest BCUT2D eigenvalue weighted by Crippen LogP contribution is -2.50. The topological polar surface area (TPSA) is 73.4 Å². The van der Waals surface area contributed by atoms with Crippen LogP contribution in [0.4, 0.5) is 4.79 Å². The first-order valence-electron chi connectivity index (χ1n) is 3.74. The average Bonchev–Trinajstić information content (AvgIpc) is 2.03. The maximum atomic E-state index is 10.0. The lowest BCUT2D eigenvalue weighted by molar-refractivity contribution is 0.184. The summed E-state index contributed by atoms with van der Waals surface area (Å²) >= 11 is 0. The van der Waals surface area contributed by atoms with Crippen molar-refractivity contribution in [1.82, 2.24) is 16.2 Å². The molecule has 11 heavy (non-hydrogen) atoms. The van der Waals surface area contributed by atoms with Crippen LogP contribution in [0.1, 0.15) is 12.8 Å². The van der Waals surface area contributed by atoms with Crippen LogP contribution in [-0.2, 0) is 0 Å². The number of amides is 1. The maximum Gasteiger partial charge on any atom is 0.419 e. The molecule has 5 heteroatoms. The van der Waals surface area contributed by atoms with E-state index in [-0.39, 0.29) is 6.04 Å². The Hall–Kier alpha value is -0.810. The third kappa shape index (κ3) is 3.20. The quantitative estimate of drug-likeness (QED) is 0.410. The summed E-state index contributed by atoms with van der Waals surface area (Å²) in [5, 5.41) is 11.4. The van der Waals surface area contributed by atoms with Crippen LogP contribution in [0, 0.1) is 0 Å². The van der Waals surface area contributed by atoms with Gasteiger partial charge in [0.15, 0.2) is 0 Å². The maximum absolute atomic E-state index is 10.0. The fourth-order valence-electron chi connectivity index (χ4n) is 1.14. The van der Waals surface area contributed by atoms with E-state index in [1.54, 1.807) is 0 Å². The molecule has 1 rings (SSSR count). The van der Waals surface area contributed by atoms with E-state index in [4.69, 9.17) is 5.11 Å². The molecule has 0 bridgehead atoms. The number of piperidine rings is 1. The van der Waals surface area contributed by atoms with Gasteiger partial charge < -0.3 is 10.4 Å². The zero-order chi connectivity index (χ0) is 8.10. The molecule has 0 aliphatic carbocycles. The summed E-state index contributed by atoms with van der Waals surface area (Å²) in [6.45, 7) is 1.87. The van der Waals surface area contributed by atoms with Gasteiger partial charge in [0.25, 0.3) is 0 Å². The second-order valence-corrected chi connectivity index (χ2v) is 2.62. The van der Waals surface area contributed by atoms with Gasteiger partial charge in [-0.3, -0.25) is 5.43 Å². The van der Waals surface area contributed by atoms with E-state index in [9.17, 15) is 4.79 Å². The van der Waals surface area contributed by atoms with Crippen LogP contribution in [0.3, 0.4) is 0 Å². The van der Waals surface area contributed by atoms with Gasteiger partial charge in [0.2, 0.25) is 0 Å². The van der Waals surface area contributed by atoms with Crippen molar-refractivity contribution in [3.05, 3.63) is 0 Å². The second kappa shape index (κ2) is 4.15. The Balaban J connectivity index is 2.09. The van der Waals surface area contributed by atoms with Crippen molar-refractivity contribution < 1.29 is 9.90 Å². The summed E-state index contributed by atoms with van der Waals surface area (Å²) in [6, 6.07) is 0.236. The minimum absolute atomic E-state index is 0.236. The zero-order valence-electron chi connectivity index (χ0n) is 6.26. The van der Waals surface area contributed by atoms with Crippen molar-refractivity contribution in [1.29, 1.82) is 0 Å². The lowest BCUT2D eigenvalue weighted by Gasteiger charge is -2.23. The minimum atomic E-state index is -1.03. The van der Waals surface area contributed by atoms with Gasteiger partial charge >= 0.3 is 6.09 Å². The standard InChI is InChI=1S/C6H13N3O2/c10-6(11)9-8-5-2-1-3-7-4-5/h5,7-9H,1-4H2,(H,10,11)/t5-/m0/s1. The number of rotatable bonds is 2. The highest BCUT2D eigenvalue weighted by Crippen LogP contribution is 1.99. The summed E-state index contributed by atoms with van der Waals surface area (Å²) in [6.07, 6.45) is 1.09. The predicted molar refractivity (Wildman–Crippen MR) is 40.2 cm³/mol. The molecule has 0 saturated carbocycles. The average molecular weight is 159 g/mol. The monoisotopic (exact) mass is 159 g/mol. The molecule has 4 N–H and O–H groups in total. The van der Waals surface area contributed by atoms with Crippen LogP contribution >= 0.6 is 0 Å². The SMILES string of the molecule is O=C(O)NN[C@H]1CCCNC1. The highest BCUT2D eigenvalue weighted by molar-refractivity contribution is 5.63. The fraction of sp³-hybridized carbons (Fsp3) is 0.833. The smallest absolute Gasteiger partial charge is 0.419 e. The number of carboxylic acid groups (broad SMARTS) is 1. The Kier molecular flexibility index (Phi) is 3.13. The third-order valence-corrected chi connectivity index (χ3v) is 1.68. The first-order chi connectivity index (χ1) is 5.29. The molecule has 0 spiro atoms. The van der Waals surface area contributed by atoms with Crippen LogP contribution in [0.2, 0.25) is 0 Å².